The Hall–Kier alpha value is 0.01000. The van der Waals surface area contributed by atoms with Gasteiger partial charge >= 0.3 is 0 Å². The number of piperidine rings is 1. The lowest BCUT2D eigenvalue weighted by atomic mass is 10.0. The van der Waals surface area contributed by atoms with E-state index in [0.29, 0.717) is 11.1 Å². The molecule has 0 aromatic heterocycles. The molecule has 1 N–H and O–H groups in total. The van der Waals surface area contributed by atoms with Crippen LogP contribution in [-0.2, 0) is 6.54 Å². The van der Waals surface area contributed by atoms with Crippen LogP contribution in [0.25, 0.3) is 0 Å². The molecule has 0 unspecified atom stereocenters. The van der Waals surface area contributed by atoms with Crippen LogP contribution in [0.15, 0.2) is 18.2 Å². The molecule has 1 heterocycles. The molecular weight excluding hydrogens is 291 g/mol. The van der Waals surface area contributed by atoms with Crippen molar-refractivity contribution in [1.29, 1.82) is 0 Å². The van der Waals surface area contributed by atoms with Crippen LogP contribution in [0.1, 0.15) is 18.4 Å². The Balaban J connectivity index is 0.00000162. The quantitative estimate of drug-likeness (QED) is 0.918. The Morgan fingerprint density at radius 2 is 1.94 bits per heavy atom. The van der Waals surface area contributed by atoms with E-state index in [1.807, 2.05) is 18.2 Å². The zero-order chi connectivity index (χ0) is 12.3. The van der Waals surface area contributed by atoms with E-state index in [4.69, 9.17) is 23.2 Å². The summed E-state index contributed by atoms with van der Waals surface area (Å²) in [5, 5.41) is 4.84. The summed E-state index contributed by atoms with van der Waals surface area (Å²) in [7, 11) is 2.17. The third kappa shape index (κ3) is 4.29. The summed E-state index contributed by atoms with van der Waals surface area (Å²) in [5.74, 6) is 0. The van der Waals surface area contributed by atoms with E-state index in [-0.39, 0.29) is 12.4 Å². The number of benzene rings is 1. The molecule has 2 rings (SSSR count). The summed E-state index contributed by atoms with van der Waals surface area (Å²) in [6, 6.07) is 6.39. The number of nitrogens with zero attached hydrogens (tertiary/aromatic N) is 1. The highest BCUT2D eigenvalue weighted by molar-refractivity contribution is 6.35. The van der Waals surface area contributed by atoms with E-state index in [0.717, 1.165) is 30.2 Å². The molecular formula is C13H19Cl3N2. The maximum atomic E-state index is 6.19. The number of hydrogen-bond donors (Lipinski definition) is 1. The lowest BCUT2D eigenvalue weighted by Gasteiger charge is -2.31. The van der Waals surface area contributed by atoms with Gasteiger partial charge in [0.2, 0.25) is 0 Å². The SMILES string of the molecule is CN(Cc1ccc(Cl)cc1Cl)C1CCNCC1.Cl. The summed E-state index contributed by atoms with van der Waals surface area (Å²) in [5.41, 5.74) is 1.15. The van der Waals surface area contributed by atoms with Crippen molar-refractivity contribution < 1.29 is 0 Å². The minimum absolute atomic E-state index is 0. The van der Waals surface area contributed by atoms with Crippen molar-refractivity contribution in [3.63, 3.8) is 0 Å². The molecule has 1 aromatic rings. The van der Waals surface area contributed by atoms with Gasteiger partial charge in [0.1, 0.15) is 0 Å². The Morgan fingerprint density at radius 3 is 2.56 bits per heavy atom. The summed E-state index contributed by atoms with van der Waals surface area (Å²) in [6.45, 7) is 3.12. The largest absolute Gasteiger partial charge is 0.317 e. The zero-order valence-electron chi connectivity index (χ0n) is 10.5. The van der Waals surface area contributed by atoms with Gasteiger partial charge in [-0.3, -0.25) is 4.90 Å². The molecule has 1 saturated heterocycles. The van der Waals surface area contributed by atoms with Crippen LogP contribution in [0.2, 0.25) is 10.0 Å². The third-order valence-corrected chi connectivity index (χ3v) is 3.95. The lowest BCUT2D eigenvalue weighted by Crippen LogP contribution is -2.40. The summed E-state index contributed by atoms with van der Waals surface area (Å²) < 4.78 is 0. The summed E-state index contributed by atoms with van der Waals surface area (Å²) in [4.78, 5) is 2.38. The first kappa shape index (κ1) is 16.1. The third-order valence-electron chi connectivity index (χ3n) is 3.37. The maximum absolute atomic E-state index is 6.19. The molecule has 0 radical (unpaired) electrons. The van der Waals surface area contributed by atoms with Gasteiger partial charge in [0.05, 0.1) is 0 Å². The molecule has 102 valence electrons. The fraction of sp³-hybridized carbons (Fsp3) is 0.538. The van der Waals surface area contributed by atoms with Crippen molar-refractivity contribution in [3.05, 3.63) is 33.8 Å². The van der Waals surface area contributed by atoms with E-state index >= 15 is 0 Å². The molecule has 0 saturated carbocycles. The second kappa shape index (κ2) is 7.56. The average Bonchev–Trinajstić information content (AvgIpc) is 2.34. The van der Waals surface area contributed by atoms with E-state index in [1.165, 1.54) is 12.8 Å². The van der Waals surface area contributed by atoms with Crippen LogP contribution in [0.3, 0.4) is 0 Å². The molecule has 0 amide bonds. The Kier molecular flexibility index (Phi) is 6.75. The van der Waals surface area contributed by atoms with E-state index in [2.05, 4.69) is 17.3 Å². The maximum Gasteiger partial charge on any atom is 0.0465 e. The van der Waals surface area contributed by atoms with Gasteiger partial charge in [-0.1, -0.05) is 29.3 Å². The molecule has 1 aliphatic heterocycles. The van der Waals surface area contributed by atoms with Crippen LogP contribution in [0, 0.1) is 0 Å². The van der Waals surface area contributed by atoms with Crippen molar-refractivity contribution >= 4 is 35.6 Å². The monoisotopic (exact) mass is 308 g/mol. The number of halogens is 3. The minimum atomic E-state index is 0. The van der Waals surface area contributed by atoms with Gasteiger partial charge in [0.15, 0.2) is 0 Å². The van der Waals surface area contributed by atoms with Crippen molar-refractivity contribution in [1.82, 2.24) is 10.2 Å². The van der Waals surface area contributed by atoms with Crippen LogP contribution in [0.5, 0.6) is 0 Å². The second-order valence-corrected chi connectivity index (χ2v) is 5.48. The molecule has 0 bridgehead atoms. The van der Waals surface area contributed by atoms with Crippen molar-refractivity contribution in [2.24, 2.45) is 0 Å². The normalized spacial score (nSPS) is 16.7. The van der Waals surface area contributed by atoms with Gasteiger partial charge < -0.3 is 5.32 Å². The molecule has 1 aromatic carbocycles. The summed E-state index contributed by atoms with van der Waals surface area (Å²) >= 11 is 12.1. The van der Waals surface area contributed by atoms with Gasteiger partial charge in [-0.2, -0.15) is 0 Å². The van der Waals surface area contributed by atoms with Gasteiger partial charge in [-0.05, 0) is 50.7 Å². The van der Waals surface area contributed by atoms with Crippen molar-refractivity contribution in [2.75, 3.05) is 20.1 Å². The fourth-order valence-electron chi connectivity index (χ4n) is 2.30. The van der Waals surface area contributed by atoms with Crippen LogP contribution >= 0.6 is 35.6 Å². The lowest BCUT2D eigenvalue weighted by molar-refractivity contribution is 0.192. The molecule has 2 nitrogen and oxygen atoms in total. The van der Waals surface area contributed by atoms with E-state index < -0.39 is 0 Å². The molecule has 1 aliphatic rings. The minimum Gasteiger partial charge on any atom is -0.317 e. The first-order chi connectivity index (χ1) is 8.16. The highest BCUT2D eigenvalue weighted by atomic mass is 35.5. The van der Waals surface area contributed by atoms with E-state index in [9.17, 15) is 0 Å². The predicted molar refractivity (Wildman–Crippen MR) is 81.1 cm³/mol. The first-order valence-electron chi connectivity index (χ1n) is 6.01. The first-order valence-corrected chi connectivity index (χ1v) is 6.77. The molecule has 5 heteroatoms. The smallest absolute Gasteiger partial charge is 0.0465 e. The fourth-order valence-corrected chi connectivity index (χ4v) is 2.76. The highest BCUT2D eigenvalue weighted by Gasteiger charge is 2.18. The molecule has 0 spiro atoms. The van der Waals surface area contributed by atoms with Crippen LogP contribution in [-0.4, -0.2) is 31.1 Å². The van der Waals surface area contributed by atoms with Crippen molar-refractivity contribution in [3.8, 4) is 0 Å². The highest BCUT2D eigenvalue weighted by Crippen LogP contribution is 2.23. The number of rotatable bonds is 3. The van der Waals surface area contributed by atoms with Crippen molar-refractivity contribution in [2.45, 2.75) is 25.4 Å². The van der Waals surface area contributed by atoms with Crippen LogP contribution in [0.4, 0.5) is 0 Å². The predicted octanol–water partition coefficient (Wildman–Crippen LogP) is 3.60. The standard InChI is InChI=1S/C13H18Cl2N2.ClH/c1-17(12-4-6-16-7-5-12)9-10-2-3-11(14)8-13(10)15;/h2-3,8,12,16H,4-7,9H2,1H3;1H. The average molecular weight is 310 g/mol. The Labute approximate surface area is 125 Å². The molecule has 0 aliphatic carbocycles. The Bertz CT molecular complexity index is 378. The number of nitrogens with one attached hydrogen (secondary N) is 1. The molecule has 0 atom stereocenters. The van der Waals surface area contributed by atoms with Gasteiger partial charge in [-0.15, -0.1) is 12.4 Å². The van der Waals surface area contributed by atoms with Gasteiger partial charge in [0.25, 0.3) is 0 Å². The molecule has 18 heavy (non-hydrogen) atoms. The zero-order valence-corrected chi connectivity index (χ0v) is 12.8. The Morgan fingerprint density at radius 1 is 1.28 bits per heavy atom. The summed E-state index contributed by atoms with van der Waals surface area (Å²) in [6.07, 6.45) is 2.42. The topological polar surface area (TPSA) is 15.3 Å². The van der Waals surface area contributed by atoms with Gasteiger partial charge in [-0.25, -0.2) is 0 Å². The second-order valence-electron chi connectivity index (χ2n) is 4.63. The van der Waals surface area contributed by atoms with Crippen LogP contribution < -0.4 is 5.32 Å². The molecule has 1 fully saturated rings. The number of hydrogen-bond acceptors (Lipinski definition) is 2. The van der Waals surface area contributed by atoms with Gasteiger partial charge in [0, 0.05) is 22.6 Å². The van der Waals surface area contributed by atoms with E-state index in [1.54, 1.807) is 0 Å².